The number of carboxylic acids is 1. The predicted molar refractivity (Wildman–Crippen MR) is 61.9 cm³/mol. The number of aromatic nitrogens is 4. The fourth-order valence-corrected chi connectivity index (χ4v) is 2.04. The van der Waals surface area contributed by atoms with E-state index in [1.807, 2.05) is 0 Å². The first-order valence-electron chi connectivity index (χ1n) is 6.26. The molecule has 100 valence electrons. The molecular weight excluding hydrogens is 236 g/mol. The molecule has 0 amide bonds. The number of aryl methyl sites for hydroxylation is 1. The molecule has 18 heavy (non-hydrogen) atoms. The standard InChI is InChI=1S/C11H18N4O3/c1-8(11(16)17)7-15-10(12-13-14-15)5-4-9-3-2-6-18-9/h8-9H,2-7H2,1H3,(H,16,17). The molecular formula is C11H18N4O3. The topological polar surface area (TPSA) is 90.1 Å². The molecule has 1 fully saturated rings. The summed E-state index contributed by atoms with van der Waals surface area (Å²) in [6.45, 7) is 2.79. The highest BCUT2D eigenvalue weighted by Crippen LogP contribution is 2.17. The van der Waals surface area contributed by atoms with E-state index >= 15 is 0 Å². The molecule has 1 aromatic heterocycles. The zero-order valence-electron chi connectivity index (χ0n) is 10.4. The summed E-state index contributed by atoms with van der Waals surface area (Å²) in [6, 6.07) is 0. The van der Waals surface area contributed by atoms with E-state index in [-0.39, 0.29) is 0 Å². The third-order valence-electron chi connectivity index (χ3n) is 3.19. The summed E-state index contributed by atoms with van der Waals surface area (Å²) in [4.78, 5) is 10.8. The lowest BCUT2D eigenvalue weighted by atomic mass is 10.1. The van der Waals surface area contributed by atoms with Crippen LogP contribution in [0.2, 0.25) is 0 Å². The summed E-state index contributed by atoms with van der Waals surface area (Å²) in [5, 5.41) is 20.3. The van der Waals surface area contributed by atoms with E-state index in [9.17, 15) is 4.79 Å². The summed E-state index contributed by atoms with van der Waals surface area (Å²) in [5.41, 5.74) is 0. The molecule has 0 aromatic carbocycles. The van der Waals surface area contributed by atoms with Crippen LogP contribution in [0.15, 0.2) is 0 Å². The monoisotopic (exact) mass is 254 g/mol. The van der Waals surface area contributed by atoms with Gasteiger partial charge < -0.3 is 9.84 Å². The lowest BCUT2D eigenvalue weighted by Crippen LogP contribution is -2.20. The van der Waals surface area contributed by atoms with E-state index in [1.54, 1.807) is 11.6 Å². The molecule has 1 aliphatic rings. The first kappa shape index (κ1) is 12.9. The first-order chi connectivity index (χ1) is 8.66. The summed E-state index contributed by atoms with van der Waals surface area (Å²) in [6.07, 6.45) is 4.12. The Balaban J connectivity index is 1.88. The normalized spacial score (nSPS) is 21.1. The van der Waals surface area contributed by atoms with Gasteiger partial charge in [-0.1, -0.05) is 6.92 Å². The Morgan fingerprint density at radius 3 is 3.17 bits per heavy atom. The van der Waals surface area contributed by atoms with Crippen LogP contribution in [0.5, 0.6) is 0 Å². The van der Waals surface area contributed by atoms with Gasteiger partial charge in [0, 0.05) is 13.0 Å². The fraction of sp³-hybridized carbons (Fsp3) is 0.818. The number of hydrogen-bond donors (Lipinski definition) is 1. The van der Waals surface area contributed by atoms with Gasteiger partial charge in [-0.3, -0.25) is 4.79 Å². The number of carboxylic acid groups (broad SMARTS) is 1. The van der Waals surface area contributed by atoms with E-state index in [0.29, 0.717) is 12.6 Å². The van der Waals surface area contributed by atoms with Crippen molar-refractivity contribution < 1.29 is 14.6 Å². The van der Waals surface area contributed by atoms with Gasteiger partial charge in [0.05, 0.1) is 18.6 Å². The second-order valence-electron chi connectivity index (χ2n) is 4.69. The van der Waals surface area contributed by atoms with Crippen molar-refractivity contribution in [2.45, 2.75) is 45.3 Å². The molecule has 0 bridgehead atoms. The van der Waals surface area contributed by atoms with Gasteiger partial charge in [-0.25, -0.2) is 4.68 Å². The molecule has 2 rings (SSSR count). The molecule has 0 radical (unpaired) electrons. The molecule has 1 saturated heterocycles. The minimum Gasteiger partial charge on any atom is -0.481 e. The van der Waals surface area contributed by atoms with Gasteiger partial charge in [-0.2, -0.15) is 0 Å². The number of tetrazole rings is 1. The van der Waals surface area contributed by atoms with Crippen LogP contribution in [0.25, 0.3) is 0 Å². The Morgan fingerprint density at radius 2 is 2.50 bits per heavy atom. The van der Waals surface area contributed by atoms with Crippen LogP contribution in [0.4, 0.5) is 0 Å². The second-order valence-corrected chi connectivity index (χ2v) is 4.69. The Kier molecular flexibility index (Phi) is 4.24. The van der Waals surface area contributed by atoms with Gasteiger partial charge in [0.2, 0.25) is 0 Å². The predicted octanol–water partition coefficient (Wildman–Crippen LogP) is 0.505. The van der Waals surface area contributed by atoms with Crippen LogP contribution in [0.1, 0.15) is 32.0 Å². The van der Waals surface area contributed by atoms with Crippen molar-refractivity contribution in [1.29, 1.82) is 0 Å². The molecule has 2 atom stereocenters. The highest BCUT2D eigenvalue weighted by Gasteiger charge is 2.19. The number of nitrogens with zero attached hydrogens (tertiary/aromatic N) is 4. The molecule has 7 heteroatoms. The van der Waals surface area contributed by atoms with Crippen molar-refractivity contribution in [3.8, 4) is 0 Å². The third kappa shape index (κ3) is 3.25. The van der Waals surface area contributed by atoms with Crippen LogP contribution in [0, 0.1) is 5.92 Å². The Hall–Kier alpha value is -1.50. The van der Waals surface area contributed by atoms with Gasteiger partial charge in [0.1, 0.15) is 0 Å². The zero-order valence-corrected chi connectivity index (χ0v) is 10.4. The lowest BCUT2D eigenvalue weighted by molar-refractivity contribution is -0.141. The lowest BCUT2D eigenvalue weighted by Gasteiger charge is -2.10. The van der Waals surface area contributed by atoms with E-state index < -0.39 is 11.9 Å². The Labute approximate surface area is 105 Å². The molecule has 1 N–H and O–H groups in total. The van der Waals surface area contributed by atoms with Crippen LogP contribution < -0.4 is 0 Å². The molecule has 0 aliphatic carbocycles. The summed E-state index contributed by atoms with van der Waals surface area (Å²) in [5.74, 6) is -0.593. The first-order valence-corrected chi connectivity index (χ1v) is 6.26. The number of carbonyl (C=O) groups is 1. The van der Waals surface area contributed by atoms with Gasteiger partial charge in [-0.05, 0) is 29.7 Å². The largest absolute Gasteiger partial charge is 0.481 e. The highest BCUT2D eigenvalue weighted by atomic mass is 16.5. The second kappa shape index (κ2) is 5.90. The van der Waals surface area contributed by atoms with Crippen LogP contribution in [0.3, 0.4) is 0 Å². The maximum absolute atomic E-state index is 10.8. The molecule has 2 heterocycles. The van der Waals surface area contributed by atoms with Crippen LogP contribution >= 0.6 is 0 Å². The highest BCUT2D eigenvalue weighted by molar-refractivity contribution is 5.69. The maximum atomic E-state index is 10.8. The molecule has 1 aliphatic heterocycles. The SMILES string of the molecule is CC(Cn1nnnc1CCC1CCCO1)C(=O)O. The van der Waals surface area contributed by atoms with Crippen molar-refractivity contribution in [2.24, 2.45) is 5.92 Å². The van der Waals surface area contributed by atoms with Crippen molar-refractivity contribution in [1.82, 2.24) is 20.2 Å². The average molecular weight is 254 g/mol. The van der Waals surface area contributed by atoms with E-state index in [0.717, 1.165) is 38.1 Å². The summed E-state index contributed by atoms with van der Waals surface area (Å²) in [7, 11) is 0. The smallest absolute Gasteiger partial charge is 0.308 e. The van der Waals surface area contributed by atoms with Crippen molar-refractivity contribution >= 4 is 5.97 Å². The van der Waals surface area contributed by atoms with Crippen LogP contribution in [-0.4, -0.2) is 44.0 Å². The maximum Gasteiger partial charge on any atom is 0.308 e. The van der Waals surface area contributed by atoms with E-state index in [1.165, 1.54) is 0 Å². The van der Waals surface area contributed by atoms with Crippen molar-refractivity contribution in [3.63, 3.8) is 0 Å². The molecule has 1 aromatic rings. The van der Waals surface area contributed by atoms with E-state index in [4.69, 9.17) is 9.84 Å². The van der Waals surface area contributed by atoms with Crippen molar-refractivity contribution in [2.75, 3.05) is 6.61 Å². The number of aliphatic carboxylic acids is 1. The van der Waals surface area contributed by atoms with Gasteiger partial charge in [-0.15, -0.1) is 5.10 Å². The minimum absolute atomic E-state index is 0.298. The minimum atomic E-state index is -0.837. The molecule has 2 unspecified atom stereocenters. The van der Waals surface area contributed by atoms with Crippen molar-refractivity contribution in [3.05, 3.63) is 5.82 Å². The van der Waals surface area contributed by atoms with E-state index in [2.05, 4.69) is 15.5 Å². The summed E-state index contributed by atoms with van der Waals surface area (Å²) < 4.78 is 7.12. The fourth-order valence-electron chi connectivity index (χ4n) is 2.04. The molecule has 0 spiro atoms. The van der Waals surface area contributed by atoms with Crippen LogP contribution in [-0.2, 0) is 22.5 Å². The zero-order chi connectivity index (χ0) is 13.0. The summed E-state index contributed by atoms with van der Waals surface area (Å²) >= 11 is 0. The number of ether oxygens (including phenoxy) is 1. The van der Waals surface area contributed by atoms with Gasteiger partial charge in [0.25, 0.3) is 0 Å². The van der Waals surface area contributed by atoms with Gasteiger partial charge >= 0.3 is 5.97 Å². The Bertz CT molecular complexity index is 401. The average Bonchev–Trinajstić information content (AvgIpc) is 2.97. The molecule has 0 saturated carbocycles. The number of rotatable bonds is 6. The third-order valence-corrected chi connectivity index (χ3v) is 3.19. The quantitative estimate of drug-likeness (QED) is 0.795. The number of hydrogen-bond acceptors (Lipinski definition) is 5. The molecule has 7 nitrogen and oxygen atoms in total. The van der Waals surface area contributed by atoms with Gasteiger partial charge in [0.15, 0.2) is 5.82 Å². The Morgan fingerprint density at radius 1 is 1.67 bits per heavy atom.